The van der Waals surface area contributed by atoms with Crippen LogP contribution < -0.4 is 16.0 Å². The maximum Gasteiger partial charge on any atom is 0.274 e. The Hall–Kier alpha value is -1.56. The first-order valence-corrected chi connectivity index (χ1v) is 3.79. The summed E-state index contributed by atoms with van der Waals surface area (Å²) < 4.78 is 6.80. The summed E-state index contributed by atoms with van der Waals surface area (Å²) in [6.07, 6.45) is 2.58. The molecule has 0 radical (unpaired) electrons. The average molecular weight is 184 g/mol. The third kappa shape index (κ3) is 2.45. The number of aryl methyl sites for hydroxylation is 1. The van der Waals surface area contributed by atoms with Crippen molar-refractivity contribution in [1.29, 1.82) is 0 Å². The van der Waals surface area contributed by atoms with Crippen LogP contribution in [0.25, 0.3) is 0 Å². The normalized spacial score (nSPS) is 12.2. The molecule has 0 aliphatic carbocycles. The number of nitrogens with one attached hydrogen (secondary N) is 1. The number of carbonyl (C=O) groups excluding carboxylic acids is 1. The van der Waals surface area contributed by atoms with Gasteiger partial charge in [0, 0.05) is 7.05 Å². The lowest BCUT2D eigenvalue weighted by molar-refractivity contribution is -0.127. The average Bonchev–Trinajstić information content (AvgIpc) is 2.49. The molecule has 1 atom stereocenters. The number of hydrazine groups is 1. The van der Waals surface area contributed by atoms with Crippen LogP contribution in [0.3, 0.4) is 0 Å². The molecule has 0 saturated carbocycles. The summed E-state index contributed by atoms with van der Waals surface area (Å²) in [5.41, 5.74) is 2.00. The van der Waals surface area contributed by atoms with Gasteiger partial charge in [-0.25, -0.2) is 5.84 Å². The first kappa shape index (κ1) is 9.53. The molecule has 1 aromatic rings. The summed E-state index contributed by atoms with van der Waals surface area (Å²) in [5.74, 6) is 5.10. The molecule has 1 amide bonds. The van der Waals surface area contributed by atoms with Gasteiger partial charge in [0.15, 0.2) is 11.9 Å². The van der Waals surface area contributed by atoms with Gasteiger partial charge in [0.25, 0.3) is 5.91 Å². The molecule has 1 aromatic heterocycles. The number of aromatic nitrogens is 2. The molecule has 6 heteroatoms. The number of hydrogen-bond acceptors (Lipinski definition) is 4. The number of hydrogen-bond donors (Lipinski definition) is 2. The van der Waals surface area contributed by atoms with Gasteiger partial charge < -0.3 is 4.74 Å². The van der Waals surface area contributed by atoms with E-state index in [9.17, 15) is 4.79 Å². The van der Waals surface area contributed by atoms with Crippen LogP contribution >= 0.6 is 0 Å². The SMILES string of the molecule is CC(Oc1cnn(C)c1)C(=O)NN. The van der Waals surface area contributed by atoms with E-state index in [2.05, 4.69) is 5.10 Å². The van der Waals surface area contributed by atoms with Crippen LogP contribution in [-0.4, -0.2) is 21.8 Å². The van der Waals surface area contributed by atoms with Gasteiger partial charge >= 0.3 is 0 Å². The molecule has 1 heterocycles. The second-order valence-corrected chi connectivity index (χ2v) is 2.62. The molecule has 3 N–H and O–H groups in total. The molecule has 0 aromatic carbocycles. The van der Waals surface area contributed by atoms with Crippen LogP contribution in [0.1, 0.15) is 6.92 Å². The predicted molar refractivity (Wildman–Crippen MR) is 45.6 cm³/mol. The molecule has 0 fully saturated rings. The van der Waals surface area contributed by atoms with Gasteiger partial charge in [-0.2, -0.15) is 5.10 Å². The van der Waals surface area contributed by atoms with Crippen molar-refractivity contribution >= 4 is 5.91 Å². The Kier molecular flexibility index (Phi) is 2.86. The van der Waals surface area contributed by atoms with Crippen LogP contribution in [0.5, 0.6) is 5.75 Å². The predicted octanol–water partition coefficient (Wildman–Crippen LogP) is -0.823. The highest BCUT2D eigenvalue weighted by Crippen LogP contribution is 2.09. The van der Waals surface area contributed by atoms with Crippen molar-refractivity contribution in [3.8, 4) is 5.75 Å². The minimum absolute atomic E-state index is 0.371. The Morgan fingerprint density at radius 1 is 1.85 bits per heavy atom. The largest absolute Gasteiger partial charge is 0.478 e. The van der Waals surface area contributed by atoms with Crippen LogP contribution in [0.2, 0.25) is 0 Å². The number of nitrogens with two attached hydrogens (primary N) is 1. The van der Waals surface area contributed by atoms with E-state index in [-0.39, 0.29) is 5.91 Å². The monoisotopic (exact) mass is 184 g/mol. The summed E-state index contributed by atoms with van der Waals surface area (Å²) in [7, 11) is 1.76. The van der Waals surface area contributed by atoms with E-state index in [4.69, 9.17) is 10.6 Å². The summed E-state index contributed by atoms with van der Waals surface area (Å²) in [4.78, 5) is 10.9. The standard InChI is InChI=1S/C7H12N4O2/c1-5(7(12)10-8)13-6-3-9-11(2)4-6/h3-5H,8H2,1-2H3,(H,10,12). The molecular formula is C7H12N4O2. The Labute approximate surface area is 75.6 Å². The molecule has 0 bridgehead atoms. The number of rotatable bonds is 3. The van der Waals surface area contributed by atoms with Gasteiger partial charge in [0.05, 0.1) is 12.4 Å². The molecule has 6 nitrogen and oxygen atoms in total. The molecule has 0 saturated heterocycles. The van der Waals surface area contributed by atoms with Crippen molar-refractivity contribution < 1.29 is 9.53 Å². The molecule has 0 aliphatic rings. The molecule has 72 valence electrons. The van der Waals surface area contributed by atoms with Crippen molar-refractivity contribution in [1.82, 2.24) is 15.2 Å². The van der Waals surface area contributed by atoms with E-state index in [1.54, 1.807) is 24.9 Å². The Morgan fingerprint density at radius 3 is 3.00 bits per heavy atom. The zero-order chi connectivity index (χ0) is 9.84. The van der Waals surface area contributed by atoms with Gasteiger partial charge in [0.2, 0.25) is 0 Å². The Balaban J connectivity index is 2.54. The zero-order valence-corrected chi connectivity index (χ0v) is 7.52. The van der Waals surface area contributed by atoms with Crippen LogP contribution in [-0.2, 0) is 11.8 Å². The lowest BCUT2D eigenvalue weighted by Crippen LogP contribution is -2.40. The number of amides is 1. The molecule has 1 unspecified atom stereocenters. The summed E-state index contributed by atoms with van der Waals surface area (Å²) in [5, 5.41) is 3.88. The van der Waals surface area contributed by atoms with E-state index >= 15 is 0 Å². The molecule has 0 spiro atoms. The molecule has 0 aliphatic heterocycles. The third-order valence-electron chi connectivity index (χ3n) is 1.51. The maximum atomic E-state index is 10.9. The van der Waals surface area contributed by atoms with Gasteiger partial charge in [0.1, 0.15) is 0 Å². The first-order valence-electron chi connectivity index (χ1n) is 3.79. The molecule has 13 heavy (non-hydrogen) atoms. The molecule has 1 rings (SSSR count). The number of ether oxygens (including phenoxy) is 1. The second kappa shape index (κ2) is 3.90. The van der Waals surface area contributed by atoms with Crippen molar-refractivity contribution in [2.24, 2.45) is 12.9 Å². The van der Waals surface area contributed by atoms with E-state index in [1.807, 2.05) is 5.43 Å². The van der Waals surface area contributed by atoms with E-state index in [1.165, 1.54) is 6.20 Å². The third-order valence-corrected chi connectivity index (χ3v) is 1.51. The van der Waals surface area contributed by atoms with E-state index in [0.717, 1.165) is 0 Å². The Morgan fingerprint density at radius 2 is 2.54 bits per heavy atom. The van der Waals surface area contributed by atoms with Crippen molar-refractivity contribution in [2.75, 3.05) is 0 Å². The second-order valence-electron chi connectivity index (χ2n) is 2.62. The zero-order valence-electron chi connectivity index (χ0n) is 7.52. The summed E-state index contributed by atoms with van der Waals surface area (Å²) in [6.45, 7) is 1.61. The van der Waals surface area contributed by atoms with Crippen molar-refractivity contribution in [3.05, 3.63) is 12.4 Å². The van der Waals surface area contributed by atoms with E-state index in [0.29, 0.717) is 5.75 Å². The quantitative estimate of drug-likeness (QED) is 0.365. The number of nitrogens with zero attached hydrogens (tertiary/aromatic N) is 2. The fourth-order valence-electron chi connectivity index (χ4n) is 0.835. The van der Waals surface area contributed by atoms with Gasteiger partial charge in [-0.15, -0.1) is 0 Å². The lowest BCUT2D eigenvalue weighted by Gasteiger charge is -2.10. The maximum absolute atomic E-state index is 10.9. The minimum atomic E-state index is -0.616. The van der Waals surface area contributed by atoms with Crippen LogP contribution in [0.15, 0.2) is 12.4 Å². The topological polar surface area (TPSA) is 82.2 Å². The highest BCUT2D eigenvalue weighted by atomic mass is 16.5. The van der Waals surface area contributed by atoms with Crippen LogP contribution in [0, 0.1) is 0 Å². The highest BCUT2D eigenvalue weighted by molar-refractivity contribution is 5.79. The van der Waals surface area contributed by atoms with Crippen molar-refractivity contribution in [3.63, 3.8) is 0 Å². The van der Waals surface area contributed by atoms with Gasteiger partial charge in [-0.1, -0.05) is 0 Å². The van der Waals surface area contributed by atoms with Crippen molar-refractivity contribution in [2.45, 2.75) is 13.0 Å². The fraction of sp³-hybridized carbons (Fsp3) is 0.429. The van der Waals surface area contributed by atoms with Gasteiger partial charge in [-0.05, 0) is 6.92 Å². The smallest absolute Gasteiger partial charge is 0.274 e. The highest BCUT2D eigenvalue weighted by Gasteiger charge is 2.13. The summed E-state index contributed by atoms with van der Waals surface area (Å²) >= 11 is 0. The van der Waals surface area contributed by atoms with Crippen LogP contribution in [0.4, 0.5) is 0 Å². The van der Waals surface area contributed by atoms with E-state index < -0.39 is 6.10 Å². The summed E-state index contributed by atoms with van der Waals surface area (Å²) in [6, 6.07) is 0. The molecular weight excluding hydrogens is 172 g/mol. The first-order chi connectivity index (χ1) is 6.13. The van der Waals surface area contributed by atoms with Gasteiger partial charge in [-0.3, -0.25) is 14.9 Å². The number of carbonyl (C=O) groups is 1. The lowest BCUT2D eigenvalue weighted by atomic mass is 10.4. The fourth-order valence-corrected chi connectivity index (χ4v) is 0.835. The Bertz CT molecular complexity index is 296. The minimum Gasteiger partial charge on any atom is -0.478 e.